The van der Waals surface area contributed by atoms with Gasteiger partial charge in [-0.2, -0.15) is 13.2 Å². The van der Waals surface area contributed by atoms with Crippen LogP contribution in [-0.2, 0) is 0 Å². The number of halogens is 4. The molecule has 0 bridgehead atoms. The molecule has 1 atom stereocenters. The van der Waals surface area contributed by atoms with E-state index in [0.29, 0.717) is 19.0 Å². The largest absolute Gasteiger partial charge is 0.390 e. The van der Waals surface area contributed by atoms with Crippen molar-refractivity contribution in [3.63, 3.8) is 0 Å². The first kappa shape index (κ1) is 22.0. The van der Waals surface area contributed by atoms with Crippen molar-refractivity contribution in [3.05, 3.63) is 35.9 Å². The number of rotatable bonds is 7. The summed E-state index contributed by atoms with van der Waals surface area (Å²) in [5, 5.41) is 5.70. The van der Waals surface area contributed by atoms with Crippen molar-refractivity contribution in [3.8, 4) is 0 Å². The van der Waals surface area contributed by atoms with Crippen molar-refractivity contribution < 1.29 is 13.2 Å². The van der Waals surface area contributed by atoms with Crippen molar-refractivity contribution in [2.45, 2.75) is 38.8 Å². The van der Waals surface area contributed by atoms with Crippen molar-refractivity contribution in [2.75, 3.05) is 19.6 Å². The Bertz CT molecular complexity index is 450. The van der Waals surface area contributed by atoms with Crippen LogP contribution in [0.25, 0.3) is 0 Å². The fourth-order valence-corrected chi connectivity index (χ4v) is 2.06. The summed E-state index contributed by atoms with van der Waals surface area (Å²) in [6.07, 6.45) is -4.09. The van der Waals surface area contributed by atoms with Crippen LogP contribution in [0.4, 0.5) is 13.2 Å². The molecule has 0 aliphatic rings. The summed E-state index contributed by atoms with van der Waals surface area (Å²) in [7, 11) is 0. The molecule has 1 aromatic rings. The molecule has 23 heavy (non-hydrogen) atoms. The molecular formula is C16H25F3IN3. The summed E-state index contributed by atoms with van der Waals surface area (Å²) in [6.45, 7) is 4.95. The minimum absolute atomic E-state index is 0. The molecule has 132 valence electrons. The second-order valence-electron chi connectivity index (χ2n) is 5.03. The molecule has 0 saturated carbocycles. The molecule has 1 rings (SSSR count). The molecule has 0 aliphatic carbocycles. The molecule has 2 N–H and O–H groups in total. The normalized spacial score (nSPS) is 13.2. The van der Waals surface area contributed by atoms with Gasteiger partial charge >= 0.3 is 6.18 Å². The number of nitrogens with one attached hydrogen (secondary N) is 2. The van der Waals surface area contributed by atoms with Gasteiger partial charge in [0.2, 0.25) is 0 Å². The van der Waals surface area contributed by atoms with Gasteiger partial charge in [0, 0.05) is 25.6 Å². The Balaban J connectivity index is 0.00000484. The van der Waals surface area contributed by atoms with Gasteiger partial charge < -0.3 is 10.6 Å². The van der Waals surface area contributed by atoms with Gasteiger partial charge in [0.05, 0.1) is 6.42 Å². The number of hydrogen-bond donors (Lipinski definition) is 2. The molecule has 3 nitrogen and oxygen atoms in total. The highest BCUT2D eigenvalue weighted by molar-refractivity contribution is 14.0. The Morgan fingerprint density at radius 1 is 1.13 bits per heavy atom. The highest BCUT2D eigenvalue weighted by atomic mass is 127. The first-order valence-corrected chi connectivity index (χ1v) is 7.60. The van der Waals surface area contributed by atoms with Crippen molar-refractivity contribution in [1.82, 2.24) is 10.6 Å². The van der Waals surface area contributed by atoms with E-state index in [1.165, 1.54) is 5.56 Å². The molecule has 0 spiro atoms. The average molecular weight is 443 g/mol. The minimum atomic E-state index is -4.15. The molecular weight excluding hydrogens is 418 g/mol. The number of guanidine groups is 1. The number of benzene rings is 1. The van der Waals surface area contributed by atoms with E-state index in [4.69, 9.17) is 0 Å². The second-order valence-corrected chi connectivity index (χ2v) is 5.03. The molecule has 0 aromatic heterocycles. The van der Waals surface area contributed by atoms with Gasteiger partial charge in [0.25, 0.3) is 0 Å². The van der Waals surface area contributed by atoms with Gasteiger partial charge in [-0.25, -0.2) is 0 Å². The molecule has 0 fully saturated rings. The highest BCUT2D eigenvalue weighted by Crippen LogP contribution is 2.19. The summed E-state index contributed by atoms with van der Waals surface area (Å²) in [5.41, 5.74) is 1.19. The summed E-state index contributed by atoms with van der Waals surface area (Å²) in [4.78, 5) is 4.41. The van der Waals surface area contributed by atoms with E-state index in [-0.39, 0.29) is 36.4 Å². The minimum Gasteiger partial charge on any atom is -0.357 e. The zero-order valence-electron chi connectivity index (χ0n) is 13.5. The van der Waals surface area contributed by atoms with Crippen molar-refractivity contribution >= 4 is 29.9 Å². The average Bonchev–Trinajstić information content (AvgIpc) is 2.47. The van der Waals surface area contributed by atoms with Crippen molar-refractivity contribution in [2.24, 2.45) is 4.99 Å². The smallest absolute Gasteiger partial charge is 0.357 e. The van der Waals surface area contributed by atoms with E-state index >= 15 is 0 Å². The fraction of sp³-hybridized carbons (Fsp3) is 0.562. The lowest BCUT2D eigenvalue weighted by Gasteiger charge is -2.16. The van der Waals surface area contributed by atoms with Crippen LogP contribution >= 0.6 is 24.0 Å². The maximum atomic E-state index is 12.2. The van der Waals surface area contributed by atoms with Crippen molar-refractivity contribution in [1.29, 1.82) is 0 Å². The molecule has 0 aliphatic heterocycles. The zero-order valence-corrected chi connectivity index (χ0v) is 15.8. The van der Waals surface area contributed by atoms with Gasteiger partial charge in [-0.05, 0) is 18.9 Å². The van der Waals surface area contributed by atoms with Gasteiger partial charge in [-0.15, -0.1) is 24.0 Å². The lowest BCUT2D eigenvalue weighted by atomic mass is 9.97. The summed E-state index contributed by atoms with van der Waals surface area (Å²) >= 11 is 0. The summed E-state index contributed by atoms with van der Waals surface area (Å²) in [6, 6.07) is 10.0. The predicted octanol–water partition coefficient (Wildman–Crippen LogP) is 4.31. The predicted molar refractivity (Wildman–Crippen MR) is 99.5 cm³/mol. The number of alkyl halides is 3. The monoisotopic (exact) mass is 443 g/mol. The number of nitrogens with zero attached hydrogens (tertiary/aromatic N) is 1. The lowest BCUT2D eigenvalue weighted by Crippen LogP contribution is -2.39. The first-order chi connectivity index (χ1) is 10.5. The van der Waals surface area contributed by atoms with E-state index in [0.717, 1.165) is 6.42 Å². The number of hydrogen-bond acceptors (Lipinski definition) is 1. The van der Waals surface area contributed by atoms with Crippen LogP contribution < -0.4 is 10.6 Å². The fourth-order valence-electron chi connectivity index (χ4n) is 2.06. The zero-order chi connectivity index (χ0) is 16.4. The van der Waals surface area contributed by atoms with E-state index in [1.54, 1.807) is 0 Å². The van der Waals surface area contributed by atoms with E-state index in [1.807, 2.05) is 37.3 Å². The van der Waals surface area contributed by atoms with Gasteiger partial charge in [-0.1, -0.05) is 37.3 Å². The van der Waals surface area contributed by atoms with Crippen LogP contribution in [0, 0.1) is 0 Å². The van der Waals surface area contributed by atoms with E-state index < -0.39 is 12.6 Å². The molecule has 0 radical (unpaired) electrons. The van der Waals surface area contributed by atoms with Gasteiger partial charge in [0.15, 0.2) is 5.96 Å². The third-order valence-corrected chi connectivity index (χ3v) is 3.28. The molecule has 0 saturated heterocycles. The SMILES string of the molecule is CCNC(=NCC(CC)c1ccccc1)NCCC(F)(F)F.I. The standard InChI is InChI=1S/C16H24F3N3.HI/c1-3-13(14-8-6-5-7-9-14)12-22-15(20-4-2)21-11-10-16(17,18)19;/h5-9,13H,3-4,10-12H2,1-2H3,(H2,20,21,22);1H. The summed E-state index contributed by atoms with van der Waals surface area (Å²) in [5.74, 6) is 0.695. The molecule has 7 heteroatoms. The Hall–Kier alpha value is -0.990. The van der Waals surface area contributed by atoms with E-state index in [2.05, 4.69) is 22.5 Å². The van der Waals surface area contributed by atoms with E-state index in [9.17, 15) is 13.2 Å². The first-order valence-electron chi connectivity index (χ1n) is 7.60. The Labute approximate surface area is 153 Å². The number of aliphatic imine (C=N–C) groups is 1. The van der Waals surface area contributed by atoms with Crippen LogP contribution in [0.15, 0.2) is 35.3 Å². The topological polar surface area (TPSA) is 36.4 Å². The Morgan fingerprint density at radius 3 is 2.30 bits per heavy atom. The van der Waals surface area contributed by atoms with Crippen LogP contribution in [0.3, 0.4) is 0 Å². The molecule has 0 amide bonds. The molecule has 1 unspecified atom stereocenters. The van der Waals surface area contributed by atoms with Gasteiger partial charge in [-0.3, -0.25) is 4.99 Å². The maximum Gasteiger partial charge on any atom is 0.390 e. The van der Waals surface area contributed by atoms with Crippen LogP contribution in [0.1, 0.15) is 38.2 Å². The quantitative estimate of drug-likeness (QED) is 0.375. The summed E-state index contributed by atoms with van der Waals surface area (Å²) < 4.78 is 36.5. The third-order valence-electron chi connectivity index (χ3n) is 3.28. The Kier molecular flexibility index (Phi) is 11.0. The molecule has 1 aromatic carbocycles. The third kappa shape index (κ3) is 9.68. The molecule has 0 heterocycles. The van der Waals surface area contributed by atoms with Crippen LogP contribution in [0.5, 0.6) is 0 Å². The van der Waals surface area contributed by atoms with Crippen LogP contribution in [-0.4, -0.2) is 31.8 Å². The van der Waals surface area contributed by atoms with Gasteiger partial charge in [0.1, 0.15) is 0 Å². The highest BCUT2D eigenvalue weighted by Gasteiger charge is 2.26. The van der Waals surface area contributed by atoms with Crippen LogP contribution in [0.2, 0.25) is 0 Å². The second kappa shape index (κ2) is 11.5. The maximum absolute atomic E-state index is 12.2. The lowest BCUT2D eigenvalue weighted by molar-refractivity contribution is -0.132. The Morgan fingerprint density at radius 2 is 1.78 bits per heavy atom.